The largest absolute Gasteiger partial charge is 0.497 e. The van der Waals surface area contributed by atoms with Crippen molar-refractivity contribution in [3.05, 3.63) is 70.4 Å². The molecule has 0 radical (unpaired) electrons. The van der Waals surface area contributed by atoms with Gasteiger partial charge in [-0.1, -0.05) is 12.1 Å². The summed E-state index contributed by atoms with van der Waals surface area (Å²) in [7, 11) is 1.61. The summed E-state index contributed by atoms with van der Waals surface area (Å²) in [6, 6.07) is 15.1. The third kappa shape index (κ3) is 4.07. The Morgan fingerprint density at radius 3 is 2.48 bits per heavy atom. The van der Waals surface area contributed by atoms with Gasteiger partial charge in [0.2, 0.25) is 5.91 Å². The van der Waals surface area contributed by atoms with Gasteiger partial charge in [0.1, 0.15) is 11.6 Å². The molecule has 1 N–H and O–H groups in total. The second-order valence-electron chi connectivity index (χ2n) is 7.05. The van der Waals surface area contributed by atoms with Gasteiger partial charge in [0.25, 0.3) is 0 Å². The van der Waals surface area contributed by atoms with Crippen molar-refractivity contribution in [2.75, 3.05) is 19.0 Å². The number of rotatable bonds is 5. The first-order chi connectivity index (χ1) is 14.0. The lowest BCUT2D eigenvalue weighted by Crippen LogP contribution is -2.37. The van der Waals surface area contributed by atoms with E-state index in [2.05, 4.69) is 15.3 Å². The van der Waals surface area contributed by atoms with Crippen molar-refractivity contribution in [1.29, 1.82) is 0 Å². The van der Waals surface area contributed by atoms with E-state index < -0.39 is 0 Å². The number of fused-ring (bicyclic) bond motifs is 1. The first-order valence-electron chi connectivity index (χ1n) is 9.45. The van der Waals surface area contributed by atoms with E-state index in [0.29, 0.717) is 13.1 Å². The van der Waals surface area contributed by atoms with Gasteiger partial charge in [-0.2, -0.15) is 4.68 Å². The van der Waals surface area contributed by atoms with Gasteiger partial charge in [-0.25, -0.2) is 4.79 Å². The molecule has 0 unspecified atom stereocenters. The van der Waals surface area contributed by atoms with E-state index in [1.807, 2.05) is 48.5 Å². The summed E-state index contributed by atoms with van der Waals surface area (Å²) >= 11 is 0. The van der Waals surface area contributed by atoms with E-state index in [0.717, 1.165) is 41.6 Å². The number of methoxy groups -OCH3 is 1. The molecule has 150 valence electrons. The van der Waals surface area contributed by atoms with Crippen LogP contribution in [0.4, 0.5) is 5.69 Å². The molecule has 0 aliphatic carbocycles. The molecule has 1 aromatic heterocycles. The van der Waals surface area contributed by atoms with Crippen LogP contribution in [0.15, 0.2) is 53.3 Å². The average molecular weight is 393 g/mol. The number of amides is 1. The Hall–Kier alpha value is -3.39. The van der Waals surface area contributed by atoms with E-state index in [1.165, 1.54) is 11.6 Å². The smallest absolute Gasteiger partial charge is 0.350 e. The average Bonchev–Trinajstić information content (AvgIpc) is 3.05. The maximum absolute atomic E-state index is 12.7. The summed E-state index contributed by atoms with van der Waals surface area (Å²) in [5.41, 5.74) is 2.53. The van der Waals surface area contributed by atoms with E-state index in [-0.39, 0.29) is 11.6 Å². The molecule has 1 amide bonds. The standard InChI is InChI=1S/C21H23N5O3/c1-15(27)22-17-5-3-16(4-6-17)13-24-11-12-25-20(14-24)23-26(21(25)28)18-7-9-19(29-2)10-8-18/h3-10H,11-14H2,1-2H3,(H,22,27). The maximum atomic E-state index is 12.7. The van der Waals surface area contributed by atoms with Crippen LogP contribution in [-0.4, -0.2) is 38.8 Å². The molecule has 8 heteroatoms. The minimum Gasteiger partial charge on any atom is -0.497 e. The van der Waals surface area contributed by atoms with Crippen molar-refractivity contribution in [3.8, 4) is 11.4 Å². The summed E-state index contributed by atoms with van der Waals surface area (Å²) in [6.07, 6.45) is 0. The fourth-order valence-electron chi connectivity index (χ4n) is 3.48. The number of hydrogen-bond donors (Lipinski definition) is 1. The number of benzene rings is 2. The SMILES string of the molecule is COc1ccc(-n2nc3n(c2=O)CCN(Cc2ccc(NC(C)=O)cc2)C3)cc1. The van der Waals surface area contributed by atoms with Crippen molar-refractivity contribution in [2.24, 2.45) is 0 Å². The molecule has 0 fully saturated rings. The van der Waals surface area contributed by atoms with Gasteiger partial charge in [0, 0.05) is 32.2 Å². The van der Waals surface area contributed by atoms with Gasteiger partial charge in [0.15, 0.2) is 0 Å². The highest BCUT2D eigenvalue weighted by Crippen LogP contribution is 2.17. The summed E-state index contributed by atoms with van der Waals surface area (Å²) in [5.74, 6) is 1.41. The van der Waals surface area contributed by atoms with Gasteiger partial charge < -0.3 is 10.1 Å². The lowest BCUT2D eigenvalue weighted by molar-refractivity contribution is -0.114. The van der Waals surface area contributed by atoms with E-state index in [1.54, 1.807) is 11.7 Å². The lowest BCUT2D eigenvalue weighted by atomic mass is 10.2. The molecular weight excluding hydrogens is 370 g/mol. The Kier molecular flexibility index (Phi) is 5.18. The number of ether oxygens (including phenoxy) is 1. The van der Waals surface area contributed by atoms with Crippen LogP contribution < -0.4 is 15.7 Å². The second kappa shape index (κ2) is 7.92. The summed E-state index contributed by atoms with van der Waals surface area (Å²) in [5, 5.41) is 7.32. The topological polar surface area (TPSA) is 81.4 Å². The fourth-order valence-corrected chi connectivity index (χ4v) is 3.48. The molecule has 1 aliphatic rings. The first-order valence-corrected chi connectivity index (χ1v) is 9.45. The maximum Gasteiger partial charge on any atom is 0.350 e. The number of carbonyl (C=O) groups is 1. The van der Waals surface area contributed by atoms with Crippen molar-refractivity contribution >= 4 is 11.6 Å². The fraction of sp³-hybridized carbons (Fsp3) is 0.286. The third-order valence-electron chi connectivity index (χ3n) is 4.94. The molecule has 0 bridgehead atoms. The van der Waals surface area contributed by atoms with E-state index in [9.17, 15) is 9.59 Å². The van der Waals surface area contributed by atoms with Crippen LogP contribution in [-0.2, 0) is 24.4 Å². The number of carbonyl (C=O) groups excluding carboxylic acids is 1. The van der Waals surface area contributed by atoms with Crippen LogP contribution in [0.3, 0.4) is 0 Å². The van der Waals surface area contributed by atoms with Gasteiger partial charge in [-0.15, -0.1) is 5.10 Å². The minimum atomic E-state index is -0.121. The summed E-state index contributed by atoms with van der Waals surface area (Å²) in [4.78, 5) is 26.1. The number of nitrogens with one attached hydrogen (secondary N) is 1. The normalized spacial score (nSPS) is 13.7. The highest BCUT2D eigenvalue weighted by molar-refractivity contribution is 5.88. The number of hydrogen-bond acceptors (Lipinski definition) is 5. The van der Waals surface area contributed by atoms with Crippen LogP contribution in [0.25, 0.3) is 5.69 Å². The Balaban J connectivity index is 1.48. The Labute approximate surface area is 168 Å². The predicted molar refractivity (Wildman–Crippen MR) is 109 cm³/mol. The van der Waals surface area contributed by atoms with Crippen molar-refractivity contribution < 1.29 is 9.53 Å². The quantitative estimate of drug-likeness (QED) is 0.717. The van der Waals surface area contributed by atoms with Gasteiger partial charge in [-0.3, -0.25) is 14.3 Å². The molecule has 29 heavy (non-hydrogen) atoms. The Morgan fingerprint density at radius 2 is 1.83 bits per heavy atom. The number of anilines is 1. The zero-order valence-electron chi connectivity index (χ0n) is 16.5. The third-order valence-corrected chi connectivity index (χ3v) is 4.94. The highest BCUT2D eigenvalue weighted by atomic mass is 16.5. The number of aromatic nitrogens is 3. The zero-order valence-corrected chi connectivity index (χ0v) is 16.5. The van der Waals surface area contributed by atoms with E-state index >= 15 is 0 Å². The summed E-state index contributed by atoms with van der Waals surface area (Å²) < 4.78 is 8.35. The molecule has 0 saturated carbocycles. The molecule has 4 rings (SSSR count). The van der Waals surface area contributed by atoms with Gasteiger partial charge in [-0.05, 0) is 42.0 Å². The van der Waals surface area contributed by atoms with Crippen LogP contribution >= 0.6 is 0 Å². The molecule has 1 aliphatic heterocycles. The van der Waals surface area contributed by atoms with Crippen LogP contribution in [0, 0.1) is 0 Å². The molecule has 0 atom stereocenters. The Morgan fingerprint density at radius 1 is 1.10 bits per heavy atom. The Bertz CT molecular complexity index is 1070. The molecular formula is C21H23N5O3. The molecule has 0 saturated heterocycles. The number of nitrogens with zero attached hydrogens (tertiary/aromatic N) is 4. The monoisotopic (exact) mass is 393 g/mol. The first kappa shape index (κ1) is 18.9. The molecule has 2 heterocycles. The van der Waals surface area contributed by atoms with Crippen molar-refractivity contribution in [3.63, 3.8) is 0 Å². The van der Waals surface area contributed by atoms with Gasteiger partial charge in [0.05, 0.1) is 19.3 Å². The van der Waals surface area contributed by atoms with Crippen molar-refractivity contribution in [2.45, 2.75) is 26.6 Å². The highest BCUT2D eigenvalue weighted by Gasteiger charge is 2.22. The van der Waals surface area contributed by atoms with Crippen molar-refractivity contribution in [1.82, 2.24) is 19.2 Å². The van der Waals surface area contributed by atoms with Crippen LogP contribution in [0.5, 0.6) is 5.75 Å². The predicted octanol–water partition coefficient (Wildman–Crippen LogP) is 2.02. The molecule has 2 aromatic carbocycles. The zero-order chi connectivity index (χ0) is 20.4. The van der Waals surface area contributed by atoms with Crippen LogP contribution in [0.2, 0.25) is 0 Å². The molecule has 3 aromatic rings. The summed E-state index contributed by atoms with van der Waals surface area (Å²) in [6.45, 7) is 4.23. The second-order valence-corrected chi connectivity index (χ2v) is 7.05. The minimum absolute atomic E-state index is 0.0841. The molecule has 0 spiro atoms. The molecule has 8 nitrogen and oxygen atoms in total. The van der Waals surface area contributed by atoms with E-state index in [4.69, 9.17) is 4.74 Å². The van der Waals surface area contributed by atoms with Gasteiger partial charge >= 0.3 is 5.69 Å². The van der Waals surface area contributed by atoms with Crippen LogP contribution in [0.1, 0.15) is 18.3 Å². The lowest BCUT2D eigenvalue weighted by Gasteiger charge is -2.26.